The number of hydrogen-bond donors (Lipinski definition) is 1. The average molecular weight is 502 g/mol. The molecule has 0 radical (unpaired) electrons. The summed E-state index contributed by atoms with van der Waals surface area (Å²) in [5, 5.41) is 2.89. The van der Waals surface area contributed by atoms with Gasteiger partial charge in [-0.2, -0.15) is 4.31 Å². The predicted molar refractivity (Wildman–Crippen MR) is 108 cm³/mol. The van der Waals surface area contributed by atoms with Crippen LogP contribution < -0.4 is 5.32 Å². The molecular formula is C18H18Br2N2O3S. The van der Waals surface area contributed by atoms with Crippen LogP contribution in [0.2, 0.25) is 0 Å². The molecule has 1 amide bonds. The number of sulfonamides is 1. The van der Waals surface area contributed by atoms with Crippen LogP contribution in [0.1, 0.15) is 12.8 Å². The molecule has 1 fully saturated rings. The largest absolute Gasteiger partial charge is 0.325 e. The quantitative estimate of drug-likeness (QED) is 0.680. The first-order valence-corrected chi connectivity index (χ1v) is 11.2. The van der Waals surface area contributed by atoms with Gasteiger partial charge in [-0.25, -0.2) is 8.42 Å². The van der Waals surface area contributed by atoms with Crippen molar-refractivity contribution >= 4 is 53.5 Å². The first-order valence-electron chi connectivity index (χ1n) is 8.19. The van der Waals surface area contributed by atoms with Gasteiger partial charge in [-0.05, 0) is 65.2 Å². The monoisotopic (exact) mass is 500 g/mol. The Morgan fingerprint density at radius 1 is 1.08 bits per heavy atom. The molecule has 2 aromatic rings. The second-order valence-electron chi connectivity index (χ2n) is 6.13. The molecule has 1 atom stereocenters. The number of nitrogens with one attached hydrogen (secondary N) is 1. The van der Waals surface area contributed by atoms with Crippen molar-refractivity contribution in [2.45, 2.75) is 17.7 Å². The molecule has 1 heterocycles. The molecule has 0 bridgehead atoms. The third-order valence-corrected chi connectivity index (χ3v) is 7.44. The smallest absolute Gasteiger partial charge is 0.243 e. The van der Waals surface area contributed by atoms with E-state index < -0.39 is 10.0 Å². The zero-order chi connectivity index (χ0) is 18.7. The number of piperidine rings is 1. The van der Waals surface area contributed by atoms with Crippen molar-refractivity contribution < 1.29 is 13.2 Å². The number of carbonyl (C=O) groups excluding carboxylic acids is 1. The second kappa shape index (κ2) is 8.21. The number of carbonyl (C=O) groups is 1. The number of halogens is 2. The van der Waals surface area contributed by atoms with Gasteiger partial charge in [0.05, 0.1) is 16.5 Å². The number of nitrogens with zero attached hydrogens (tertiary/aromatic N) is 1. The lowest BCUT2D eigenvalue weighted by atomic mass is 9.99. The van der Waals surface area contributed by atoms with E-state index in [4.69, 9.17) is 0 Å². The van der Waals surface area contributed by atoms with E-state index in [1.165, 1.54) is 4.31 Å². The molecule has 1 aliphatic rings. The number of amides is 1. The van der Waals surface area contributed by atoms with Gasteiger partial charge in [0.2, 0.25) is 15.9 Å². The lowest BCUT2D eigenvalue weighted by Gasteiger charge is -2.31. The standard InChI is InChI=1S/C18H18Br2N2O3S/c19-14-7-9-15(10-8-14)26(24,25)22-11-3-4-13(12-22)18(23)21-17-6-2-1-5-16(17)20/h1-2,5-10,13H,3-4,11-12H2,(H,21,23)/t13-/m1/s1. The molecule has 138 valence electrons. The Kier molecular flexibility index (Phi) is 6.17. The van der Waals surface area contributed by atoms with Gasteiger partial charge in [-0.15, -0.1) is 0 Å². The van der Waals surface area contributed by atoms with Crippen LogP contribution in [-0.2, 0) is 14.8 Å². The molecule has 1 saturated heterocycles. The van der Waals surface area contributed by atoms with Crippen molar-refractivity contribution in [1.82, 2.24) is 4.31 Å². The summed E-state index contributed by atoms with van der Waals surface area (Å²) in [6.07, 6.45) is 1.33. The summed E-state index contributed by atoms with van der Waals surface area (Å²) in [5.74, 6) is -0.534. The highest BCUT2D eigenvalue weighted by molar-refractivity contribution is 9.10. The Morgan fingerprint density at radius 2 is 1.77 bits per heavy atom. The number of benzene rings is 2. The highest BCUT2D eigenvalue weighted by atomic mass is 79.9. The van der Waals surface area contributed by atoms with Gasteiger partial charge >= 0.3 is 0 Å². The number of hydrogen-bond acceptors (Lipinski definition) is 3. The summed E-state index contributed by atoms with van der Waals surface area (Å²) in [4.78, 5) is 12.9. The fourth-order valence-corrected chi connectivity index (χ4v) is 5.10. The van der Waals surface area contributed by atoms with Crippen LogP contribution in [0.25, 0.3) is 0 Å². The SMILES string of the molecule is O=C(Nc1ccccc1Br)[C@@H]1CCCN(S(=O)(=O)c2ccc(Br)cc2)C1. The molecule has 0 aromatic heterocycles. The molecule has 5 nitrogen and oxygen atoms in total. The summed E-state index contributed by atoms with van der Waals surface area (Å²) in [5.41, 5.74) is 0.686. The summed E-state index contributed by atoms with van der Waals surface area (Å²) in [6, 6.07) is 13.9. The van der Waals surface area contributed by atoms with Crippen LogP contribution >= 0.6 is 31.9 Å². The minimum absolute atomic E-state index is 0.160. The van der Waals surface area contributed by atoms with Crippen LogP contribution in [0.5, 0.6) is 0 Å². The number of rotatable bonds is 4. The van der Waals surface area contributed by atoms with Gasteiger partial charge < -0.3 is 5.32 Å². The van der Waals surface area contributed by atoms with Gasteiger partial charge in [0.15, 0.2) is 0 Å². The van der Waals surface area contributed by atoms with Crippen LogP contribution in [0.15, 0.2) is 62.4 Å². The maximum Gasteiger partial charge on any atom is 0.243 e. The first-order chi connectivity index (χ1) is 12.4. The van der Waals surface area contributed by atoms with Crippen molar-refractivity contribution in [3.05, 3.63) is 57.5 Å². The van der Waals surface area contributed by atoms with Crippen LogP contribution in [0, 0.1) is 5.92 Å². The third kappa shape index (κ3) is 4.36. The van der Waals surface area contributed by atoms with Gasteiger partial charge in [0.25, 0.3) is 0 Å². The van der Waals surface area contributed by atoms with Crippen molar-refractivity contribution in [2.24, 2.45) is 5.92 Å². The molecule has 1 aliphatic heterocycles. The summed E-state index contributed by atoms with van der Waals surface area (Å²) < 4.78 is 28.7. The molecule has 8 heteroatoms. The maximum atomic E-state index is 12.9. The number of anilines is 1. The zero-order valence-electron chi connectivity index (χ0n) is 13.9. The van der Waals surface area contributed by atoms with E-state index in [0.29, 0.717) is 25.1 Å². The van der Waals surface area contributed by atoms with E-state index >= 15 is 0 Å². The molecular weight excluding hydrogens is 484 g/mol. The topological polar surface area (TPSA) is 66.5 Å². The van der Waals surface area contributed by atoms with E-state index in [0.717, 1.165) is 8.95 Å². The van der Waals surface area contributed by atoms with Crippen molar-refractivity contribution in [3.8, 4) is 0 Å². The minimum atomic E-state index is -3.60. The lowest BCUT2D eigenvalue weighted by Crippen LogP contribution is -2.43. The Hall–Kier alpha value is -1.22. The van der Waals surface area contributed by atoms with E-state index in [9.17, 15) is 13.2 Å². The average Bonchev–Trinajstić information content (AvgIpc) is 2.64. The zero-order valence-corrected chi connectivity index (χ0v) is 17.8. The van der Waals surface area contributed by atoms with Crippen molar-refractivity contribution in [2.75, 3.05) is 18.4 Å². The predicted octanol–water partition coefficient (Wildman–Crippen LogP) is 4.25. The first kappa shape index (κ1) is 19.5. The molecule has 0 spiro atoms. The molecule has 0 unspecified atom stereocenters. The fourth-order valence-electron chi connectivity index (χ4n) is 2.93. The molecule has 1 N–H and O–H groups in total. The summed E-state index contributed by atoms with van der Waals surface area (Å²) in [7, 11) is -3.60. The molecule has 0 aliphatic carbocycles. The second-order valence-corrected chi connectivity index (χ2v) is 9.83. The van der Waals surface area contributed by atoms with Crippen molar-refractivity contribution in [3.63, 3.8) is 0 Å². The van der Waals surface area contributed by atoms with Crippen LogP contribution in [0.3, 0.4) is 0 Å². The minimum Gasteiger partial charge on any atom is -0.325 e. The van der Waals surface area contributed by atoms with E-state index in [-0.39, 0.29) is 23.3 Å². The molecule has 0 saturated carbocycles. The molecule has 3 rings (SSSR count). The number of para-hydroxylation sites is 1. The maximum absolute atomic E-state index is 12.9. The van der Waals surface area contributed by atoms with Crippen LogP contribution in [0.4, 0.5) is 5.69 Å². The Labute approximate surface area is 170 Å². The highest BCUT2D eigenvalue weighted by Gasteiger charge is 2.33. The Morgan fingerprint density at radius 3 is 2.46 bits per heavy atom. The van der Waals surface area contributed by atoms with Gasteiger partial charge in [0.1, 0.15) is 0 Å². The van der Waals surface area contributed by atoms with E-state index in [2.05, 4.69) is 37.2 Å². The van der Waals surface area contributed by atoms with E-state index in [1.54, 1.807) is 30.3 Å². The van der Waals surface area contributed by atoms with E-state index in [1.807, 2.05) is 18.2 Å². The van der Waals surface area contributed by atoms with Gasteiger partial charge in [0, 0.05) is 22.0 Å². The lowest BCUT2D eigenvalue weighted by molar-refractivity contribution is -0.120. The van der Waals surface area contributed by atoms with Crippen molar-refractivity contribution in [1.29, 1.82) is 0 Å². The Bertz CT molecular complexity index is 901. The normalized spacial score (nSPS) is 18.5. The fraction of sp³-hybridized carbons (Fsp3) is 0.278. The van der Waals surface area contributed by atoms with Gasteiger partial charge in [-0.1, -0.05) is 28.1 Å². The molecule has 26 heavy (non-hydrogen) atoms. The summed E-state index contributed by atoms with van der Waals surface area (Å²) in [6.45, 7) is 0.617. The van der Waals surface area contributed by atoms with Gasteiger partial charge in [-0.3, -0.25) is 4.79 Å². The van der Waals surface area contributed by atoms with Crippen LogP contribution in [-0.4, -0.2) is 31.7 Å². The third-order valence-electron chi connectivity index (χ3n) is 4.34. The summed E-state index contributed by atoms with van der Waals surface area (Å²) >= 11 is 6.71. The Balaban J connectivity index is 1.73. The molecule has 2 aromatic carbocycles. The highest BCUT2D eigenvalue weighted by Crippen LogP contribution is 2.27.